The van der Waals surface area contributed by atoms with E-state index in [1.165, 1.54) is 35.2 Å². The summed E-state index contributed by atoms with van der Waals surface area (Å²) in [6, 6.07) is 9.69. The lowest BCUT2D eigenvalue weighted by Gasteiger charge is -2.26. The van der Waals surface area contributed by atoms with Crippen LogP contribution >= 0.6 is 0 Å². The molecule has 1 saturated heterocycles. The van der Waals surface area contributed by atoms with Crippen molar-refractivity contribution in [3.05, 3.63) is 76.9 Å². The number of likely N-dealkylation sites (tertiary alicyclic amines) is 1. The number of hydrogen-bond acceptors (Lipinski definition) is 4. The number of carbonyl (C=O) groups is 2. The normalized spacial score (nSPS) is 18.7. The predicted octanol–water partition coefficient (Wildman–Crippen LogP) is 3.34. The van der Waals surface area contributed by atoms with E-state index in [1.807, 2.05) is 19.0 Å². The molecule has 152 valence electrons. The highest BCUT2D eigenvalue weighted by Gasteiger charge is 2.46. The van der Waals surface area contributed by atoms with Crippen molar-refractivity contribution in [2.45, 2.75) is 12.5 Å². The van der Waals surface area contributed by atoms with Crippen molar-refractivity contribution in [3.63, 3.8) is 0 Å². The Bertz CT molecular complexity index is 955. The van der Waals surface area contributed by atoms with Crippen molar-refractivity contribution in [1.82, 2.24) is 9.80 Å². The fourth-order valence-electron chi connectivity index (χ4n) is 3.45. The Kier molecular flexibility index (Phi) is 6.08. The molecule has 1 aliphatic heterocycles. The summed E-state index contributed by atoms with van der Waals surface area (Å²) in [5, 5.41) is 10.8. The summed E-state index contributed by atoms with van der Waals surface area (Å²) in [4.78, 5) is 28.7. The summed E-state index contributed by atoms with van der Waals surface area (Å²) in [5.41, 5.74) is 0.107. The quantitative estimate of drug-likeness (QED) is 0.459. The van der Waals surface area contributed by atoms with Gasteiger partial charge in [-0.2, -0.15) is 0 Å². The first-order valence-electron chi connectivity index (χ1n) is 9.24. The highest BCUT2D eigenvalue weighted by atomic mass is 19.1. The molecule has 0 bridgehead atoms. The van der Waals surface area contributed by atoms with Crippen LogP contribution in [0.25, 0.3) is 5.76 Å². The van der Waals surface area contributed by atoms with E-state index in [2.05, 4.69) is 0 Å². The molecule has 29 heavy (non-hydrogen) atoms. The maximum atomic E-state index is 14.6. The molecule has 1 fully saturated rings. The van der Waals surface area contributed by atoms with Crippen LogP contribution in [0, 0.1) is 11.6 Å². The van der Waals surface area contributed by atoms with Crippen LogP contribution in [0.1, 0.15) is 23.6 Å². The fraction of sp³-hybridized carbons (Fsp3) is 0.273. The molecule has 2 aromatic carbocycles. The number of ketones is 1. The summed E-state index contributed by atoms with van der Waals surface area (Å²) in [6.45, 7) is 0.896. The third-order valence-corrected chi connectivity index (χ3v) is 4.86. The molecule has 0 aliphatic carbocycles. The van der Waals surface area contributed by atoms with Crippen LogP contribution in [-0.4, -0.2) is 53.8 Å². The van der Waals surface area contributed by atoms with Gasteiger partial charge in [-0.1, -0.05) is 18.2 Å². The fourth-order valence-corrected chi connectivity index (χ4v) is 3.45. The molecule has 1 unspecified atom stereocenters. The first kappa shape index (κ1) is 20.7. The molecule has 0 spiro atoms. The number of nitrogens with zero attached hydrogens (tertiary/aromatic N) is 2. The van der Waals surface area contributed by atoms with Crippen LogP contribution in [0.4, 0.5) is 8.78 Å². The van der Waals surface area contributed by atoms with Gasteiger partial charge in [-0.3, -0.25) is 9.59 Å². The molecule has 1 aliphatic rings. The zero-order chi connectivity index (χ0) is 21.1. The van der Waals surface area contributed by atoms with E-state index in [1.54, 1.807) is 6.07 Å². The van der Waals surface area contributed by atoms with Crippen LogP contribution in [-0.2, 0) is 9.59 Å². The Morgan fingerprint density at radius 2 is 1.72 bits per heavy atom. The molecular formula is C22H22F2N2O3. The number of hydrogen-bond donors (Lipinski definition) is 1. The zero-order valence-corrected chi connectivity index (χ0v) is 16.2. The Morgan fingerprint density at radius 1 is 1.07 bits per heavy atom. The van der Waals surface area contributed by atoms with Gasteiger partial charge in [-0.15, -0.1) is 0 Å². The van der Waals surface area contributed by atoms with Crippen molar-refractivity contribution in [2.24, 2.45) is 0 Å². The average Bonchev–Trinajstić information content (AvgIpc) is 2.93. The number of carbonyl (C=O) groups excluding carboxylic acids is 2. The van der Waals surface area contributed by atoms with E-state index in [-0.39, 0.29) is 23.2 Å². The van der Waals surface area contributed by atoms with Gasteiger partial charge in [-0.25, -0.2) is 8.78 Å². The molecule has 1 amide bonds. The minimum absolute atomic E-state index is 0.125. The molecular weight excluding hydrogens is 378 g/mol. The second kappa shape index (κ2) is 8.53. The van der Waals surface area contributed by atoms with E-state index in [4.69, 9.17) is 0 Å². The van der Waals surface area contributed by atoms with Crippen molar-refractivity contribution >= 4 is 17.4 Å². The summed E-state index contributed by atoms with van der Waals surface area (Å²) in [7, 11) is 3.77. The topological polar surface area (TPSA) is 60.9 Å². The maximum absolute atomic E-state index is 14.6. The molecule has 1 N–H and O–H groups in total. The lowest BCUT2D eigenvalue weighted by molar-refractivity contribution is -0.140. The first-order chi connectivity index (χ1) is 13.8. The smallest absolute Gasteiger partial charge is 0.295 e. The lowest BCUT2D eigenvalue weighted by atomic mass is 9.95. The zero-order valence-electron chi connectivity index (χ0n) is 16.2. The first-order valence-corrected chi connectivity index (χ1v) is 9.24. The highest BCUT2D eigenvalue weighted by molar-refractivity contribution is 6.46. The standard InChI is InChI=1S/C22H22F2N2O3/c1-25(2)12-5-13-26-19(16-6-3-4-7-17(16)24)18(21(28)22(26)29)20(27)14-8-10-15(23)11-9-14/h3-4,6-11,19,27H,5,12-13H2,1-2H3/b20-18-. The summed E-state index contributed by atoms with van der Waals surface area (Å²) in [6.07, 6.45) is 0.571. The van der Waals surface area contributed by atoms with Gasteiger partial charge in [0.1, 0.15) is 17.4 Å². The van der Waals surface area contributed by atoms with Gasteiger partial charge < -0.3 is 14.9 Å². The molecule has 1 heterocycles. The number of Topliss-reactive ketones (excluding diaryl/α,β-unsaturated/α-hetero) is 1. The molecule has 0 saturated carbocycles. The largest absolute Gasteiger partial charge is 0.507 e. The number of amides is 1. The maximum Gasteiger partial charge on any atom is 0.295 e. The number of benzene rings is 2. The highest BCUT2D eigenvalue weighted by Crippen LogP contribution is 2.40. The Labute approximate surface area is 167 Å². The van der Waals surface area contributed by atoms with Crippen LogP contribution in [0.2, 0.25) is 0 Å². The van der Waals surface area contributed by atoms with Gasteiger partial charge in [-0.05, 0) is 57.4 Å². The monoisotopic (exact) mass is 400 g/mol. The van der Waals surface area contributed by atoms with Crippen LogP contribution in [0.15, 0.2) is 54.1 Å². The molecule has 7 heteroatoms. The Morgan fingerprint density at radius 3 is 2.34 bits per heavy atom. The number of rotatable bonds is 6. The van der Waals surface area contributed by atoms with E-state index in [9.17, 15) is 23.5 Å². The third-order valence-electron chi connectivity index (χ3n) is 4.86. The van der Waals surface area contributed by atoms with Gasteiger partial charge in [0.2, 0.25) is 0 Å². The number of aliphatic hydroxyl groups is 1. The van der Waals surface area contributed by atoms with E-state index < -0.39 is 35.1 Å². The number of aliphatic hydroxyl groups excluding tert-OH is 1. The second-order valence-electron chi connectivity index (χ2n) is 7.18. The van der Waals surface area contributed by atoms with Crippen LogP contribution < -0.4 is 0 Å². The SMILES string of the molecule is CN(C)CCCN1C(=O)C(=O)/C(=C(\O)c2ccc(F)cc2)C1c1ccccc1F. The van der Waals surface area contributed by atoms with Crippen molar-refractivity contribution in [3.8, 4) is 0 Å². The molecule has 1 atom stereocenters. The predicted molar refractivity (Wildman–Crippen MR) is 105 cm³/mol. The van der Waals surface area contributed by atoms with E-state index in [0.717, 1.165) is 12.1 Å². The van der Waals surface area contributed by atoms with Crippen LogP contribution in [0.5, 0.6) is 0 Å². The molecule has 2 aromatic rings. The third kappa shape index (κ3) is 4.19. The molecule has 3 rings (SSSR count). The van der Waals surface area contributed by atoms with Gasteiger partial charge in [0.15, 0.2) is 0 Å². The minimum Gasteiger partial charge on any atom is -0.507 e. The van der Waals surface area contributed by atoms with Crippen molar-refractivity contribution in [2.75, 3.05) is 27.2 Å². The Hall–Kier alpha value is -3.06. The van der Waals surface area contributed by atoms with Crippen molar-refractivity contribution < 1.29 is 23.5 Å². The average molecular weight is 400 g/mol. The molecule has 0 radical (unpaired) electrons. The summed E-state index contributed by atoms with van der Waals surface area (Å²) >= 11 is 0. The summed E-state index contributed by atoms with van der Waals surface area (Å²) in [5.74, 6) is -3.21. The molecule has 0 aromatic heterocycles. The van der Waals surface area contributed by atoms with Gasteiger partial charge in [0.05, 0.1) is 11.6 Å². The van der Waals surface area contributed by atoms with Crippen LogP contribution in [0.3, 0.4) is 0 Å². The second-order valence-corrected chi connectivity index (χ2v) is 7.18. The minimum atomic E-state index is -1.05. The lowest BCUT2D eigenvalue weighted by Crippen LogP contribution is -2.32. The van der Waals surface area contributed by atoms with Gasteiger partial charge in [0.25, 0.3) is 11.7 Å². The number of halogens is 2. The van der Waals surface area contributed by atoms with E-state index in [0.29, 0.717) is 13.0 Å². The summed E-state index contributed by atoms with van der Waals surface area (Å²) < 4.78 is 27.8. The van der Waals surface area contributed by atoms with Crippen molar-refractivity contribution in [1.29, 1.82) is 0 Å². The Balaban J connectivity index is 2.11. The molecule has 5 nitrogen and oxygen atoms in total. The van der Waals surface area contributed by atoms with E-state index >= 15 is 0 Å². The van der Waals surface area contributed by atoms with Gasteiger partial charge in [0, 0.05) is 17.7 Å². The van der Waals surface area contributed by atoms with Gasteiger partial charge >= 0.3 is 0 Å².